The molecule has 2 heteroatoms. The third kappa shape index (κ3) is 2.03. The maximum absolute atomic E-state index is 11.3. The first-order valence-electron chi connectivity index (χ1n) is 6.12. The number of benzene rings is 1. The van der Waals surface area contributed by atoms with Gasteiger partial charge in [-0.25, -0.2) is 0 Å². The summed E-state index contributed by atoms with van der Waals surface area (Å²) in [5, 5.41) is 0. The van der Waals surface area contributed by atoms with Crippen molar-refractivity contribution in [1.29, 1.82) is 0 Å². The first-order chi connectivity index (χ1) is 8.33. The lowest BCUT2D eigenvalue weighted by atomic mass is 9.80. The predicted octanol–water partition coefficient (Wildman–Crippen LogP) is 3.31. The molecule has 0 saturated heterocycles. The van der Waals surface area contributed by atoms with E-state index in [1.807, 2.05) is 0 Å². The highest BCUT2D eigenvalue weighted by atomic mass is 16.1. The van der Waals surface area contributed by atoms with Crippen LogP contribution in [0.4, 0.5) is 0 Å². The number of H-pyrrole nitrogens is 1. The summed E-state index contributed by atoms with van der Waals surface area (Å²) in [5.74, 6) is 0.763. The minimum Gasteiger partial charge on any atom is -0.361 e. The van der Waals surface area contributed by atoms with Crippen LogP contribution in [0.1, 0.15) is 30.7 Å². The molecule has 1 aromatic carbocycles. The quantitative estimate of drug-likeness (QED) is 0.835. The van der Waals surface area contributed by atoms with Crippen LogP contribution in [-0.2, 0) is 0 Å². The number of pyridine rings is 1. The summed E-state index contributed by atoms with van der Waals surface area (Å²) < 4.78 is 0. The monoisotopic (exact) mass is 225 g/mol. The van der Waals surface area contributed by atoms with Gasteiger partial charge in [-0.1, -0.05) is 30.7 Å². The molecule has 0 unspecified atom stereocenters. The fourth-order valence-electron chi connectivity index (χ4n) is 2.29. The third-order valence-corrected chi connectivity index (χ3v) is 3.57. The number of hydrogen-bond donors (Lipinski definition) is 1. The number of aromatic amines is 1. The van der Waals surface area contributed by atoms with Crippen molar-refractivity contribution in [2.24, 2.45) is 0 Å². The summed E-state index contributed by atoms with van der Waals surface area (Å²) in [6.07, 6.45) is 5.69. The zero-order valence-electron chi connectivity index (χ0n) is 9.65. The fraction of sp³-hybridized carbons (Fsp3) is 0.267. The van der Waals surface area contributed by atoms with E-state index in [4.69, 9.17) is 0 Å². The van der Waals surface area contributed by atoms with Gasteiger partial charge in [-0.05, 0) is 29.9 Å². The first kappa shape index (κ1) is 10.3. The number of hydrogen-bond acceptors (Lipinski definition) is 1. The van der Waals surface area contributed by atoms with E-state index in [-0.39, 0.29) is 5.43 Å². The minimum absolute atomic E-state index is 0.0434. The van der Waals surface area contributed by atoms with Crippen LogP contribution in [0.15, 0.2) is 47.4 Å². The van der Waals surface area contributed by atoms with Crippen molar-refractivity contribution in [3.05, 3.63) is 58.4 Å². The fourth-order valence-corrected chi connectivity index (χ4v) is 2.29. The van der Waals surface area contributed by atoms with Gasteiger partial charge in [0.25, 0.3) is 0 Å². The normalized spacial score (nSPS) is 15.5. The van der Waals surface area contributed by atoms with E-state index in [2.05, 4.69) is 29.2 Å². The van der Waals surface area contributed by atoms with Gasteiger partial charge in [0.1, 0.15) is 0 Å². The molecule has 2 nitrogen and oxygen atoms in total. The van der Waals surface area contributed by atoms with E-state index >= 15 is 0 Å². The molecule has 3 rings (SSSR count). The maximum atomic E-state index is 11.3. The van der Waals surface area contributed by atoms with Gasteiger partial charge in [0, 0.05) is 24.0 Å². The Morgan fingerprint density at radius 2 is 1.82 bits per heavy atom. The Bertz CT molecular complexity index is 564. The van der Waals surface area contributed by atoms with Gasteiger partial charge < -0.3 is 4.98 Å². The van der Waals surface area contributed by atoms with E-state index in [0.717, 1.165) is 17.2 Å². The van der Waals surface area contributed by atoms with Gasteiger partial charge in [-0.3, -0.25) is 4.79 Å². The molecular formula is C15H15NO. The number of nitrogens with one attached hydrogen (secondary N) is 1. The minimum atomic E-state index is 0.0434. The van der Waals surface area contributed by atoms with Gasteiger partial charge in [0.2, 0.25) is 0 Å². The molecule has 17 heavy (non-hydrogen) atoms. The Hall–Kier alpha value is -1.83. The average Bonchev–Trinajstić information content (AvgIpc) is 2.28. The lowest BCUT2D eigenvalue weighted by Crippen LogP contribution is -2.08. The Kier molecular flexibility index (Phi) is 2.56. The molecule has 0 bridgehead atoms. The van der Waals surface area contributed by atoms with Gasteiger partial charge in [-0.15, -0.1) is 0 Å². The van der Waals surface area contributed by atoms with Crippen LogP contribution in [-0.4, -0.2) is 4.98 Å². The van der Waals surface area contributed by atoms with Crippen molar-refractivity contribution < 1.29 is 0 Å². The van der Waals surface area contributed by atoms with Gasteiger partial charge in [0.15, 0.2) is 5.43 Å². The summed E-state index contributed by atoms with van der Waals surface area (Å²) in [7, 11) is 0. The Morgan fingerprint density at radius 3 is 2.41 bits per heavy atom. The van der Waals surface area contributed by atoms with Crippen molar-refractivity contribution in [2.75, 3.05) is 0 Å². The van der Waals surface area contributed by atoms with E-state index in [9.17, 15) is 4.79 Å². The molecule has 0 radical (unpaired) electrons. The van der Waals surface area contributed by atoms with Crippen LogP contribution in [0.2, 0.25) is 0 Å². The van der Waals surface area contributed by atoms with Crippen molar-refractivity contribution >= 4 is 0 Å². The summed E-state index contributed by atoms with van der Waals surface area (Å²) in [5.41, 5.74) is 3.43. The molecule has 1 saturated carbocycles. The Balaban J connectivity index is 1.91. The summed E-state index contributed by atoms with van der Waals surface area (Å²) >= 11 is 0. The molecule has 86 valence electrons. The first-order valence-corrected chi connectivity index (χ1v) is 6.12. The largest absolute Gasteiger partial charge is 0.361 e. The van der Waals surface area contributed by atoms with Crippen molar-refractivity contribution in [2.45, 2.75) is 25.2 Å². The Morgan fingerprint density at radius 1 is 1.06 bits per heavy atom. The topological polar surface area (TPSA) is 32.9 Å². The van der Waals surface area contributed by atoms with Crippen LogP contribution in [0, 0.1) is 0 Å². The van der Waals surface area contributed by atoms with Gasteiger partial charge in [0.05, 0.1) is 0 Å². The van der Waals surface area contributed by atoms with E-state index in [1.54, 1.807) is 12.3 Å². The van der Waals surface area contributed by atoms with E-state index < -0.39 is 0 Å². The van der Waals surface area contributed by atoms with Crippen LogP contribution < -0.4 is 5.43 Å². The van der Waals surface area contributed by atoms with Crippen molar-refractivity contribution in [3.63, 3.8) is 0 Å². The average molecular weight is 225 g/mol. The third-order valence-electron chi connectivity index (χ3n) is 3.57. The van der Waals surface area contributed by atoms with Crippen LogP contribution >= 0.6 is 0 Å². The van der Waals surface area contributed by atoms with Crippen LogP contribution in [0.5, 0.6) is 0 Å². The summed E-state index contributed by atoms with van der Waals surface area (Å²) in [4.78, 5) is 14.4. The highest BCUT2D eigenvalue weighted by Gasteiger charge is 2.18. The SMILES string of the molecule is O=c1cc[nH]c(-c2ccc(C3CCC3)cc2)c1. The molecule has 1 N–H and O–H groups in total. The standard InChI is InChI=1S/C15H15NO/c17-14-8-9-16-15(10-14)13-6-4-12(5-7-13)11-2-1-3-11/h4-11H,1-3H2,(H,16,17). The van der Waals surface area contributed by atoms with Crippen molar-refractivity contribution in [1.82, 2.24) is 4.98 Å². The lowest BCUT2D eigenvalue weighted by Gasteiger charge is -2.25. The molecule has 2 aromatic rings. The molecule has 0 aliphatic heterocycles. The van der Waals surface area contributed by atoms with Crippen LogP contribution in [0.3, 0.4) is 0 Å². The summed E-state index contributed by atoms with van der Waals surface area (Å²) in [6.45, 7) is 0. The molecule has 1 aliphatic rings. The second-order valence-electron chi connectivity index (χ2n) is 4.69. The molecule has 1 heterocycles. The smallest absolute Gasteiger partial charge is 0.182 e. The van der Waals surface area contributed by atoms with E-state index in [0.29, 0.717) is 0 Å². The second kappa shape index (κ2) is 4.21. The molecule has 0 spiro atoms. The lowest BCUT2D eigenvalue weighted by molar-refractivity contribution is 0.420. The predicted molar refractivity (Wildman–Crippen MR) is 69.1 cm³/mol. The molecule has 0 atom stereocenters. The molecule has 1 aliphatic carbocycles. The maximum Gasteiger partial charge on any atom is 0.182 e. The van der Waals surface area contributed by atoms with Crippen LogP contribution in [0.25, 0.3) is 11.3 Å². The van der Waals surface area contributed by atoms with Gasteiger partial charge >= 0.3 is 0 Å². The molecular weight excluding hydrogens is 210 g/mol. The summed E-state index contributed by atoms with van der Waals surface area (Å²) in [6, 6.07) is 11.7. The van der Waals surface area contributed by atoms with Crippen molar-refractivity contribution in [3.8, 4) is 11.3 Å². The van der Waals surface area contributed by atoms with Gasteiger partial charge in [-0.2, -0.15) is 0 Å². The highest BCUT2D eigenvalue weighted by Crippen LogP contribution is 2.36. The number of aromatic nitrogens is 1. The van der Waals surface area contributed by atoms with E-state index in [1.165, 1.54) is 30.9 Å². The number of rotatable bonds is 2. The zero-order valence-corrected chi connectivity index (χ0v) is 9.65. The Labute approximate surface area is 100 Å². The molecule has 0 amide bonds. The second-order valence-corrected chi connectivity index (χ2v) is 4.69. The highest BCUT2D eigenvalue weighted by molar-refractivity contribution is 5.59. The molecule has 1 fully saturated rings. The molecule has 1 aromatic heterocycles. The zero-order chi connectivity index (χ0) is 11.7.